The lowest BCUT2D eigenvalue weighted by molar-refractivity contribution is 0.102. The fourth-order valence-corrected chi connectivity index (χ4v) is 2.61. The summed E-state index contributed by atoms with van der Waals surface area (Å²) in [6.07, 6.45) is 0. The lowest BCUT2D eigenvalue weighted by Crippen LogP contribution is -1.87. The van der Waals surface area contributed by atoms with Crippen LogP contribution in [0.3, 0.4) is 0 Å². The second kappa shape index (κ2) is 4.72. The second-order valence-electron chi connectivity index (χ2n) is 3.92. The molecular weight excluding hydrogens is 232 g/mol. The summed E-state index contributed by atoms with van der Waals surface area (Å²) in [6, 6.07) is 9.91. The van der Waals surface area contributed by atoms with Gasteiger partial charge in [0.1, 0.15) is 5.75 Å². The van der Waals surface area contributed by atoms with Crippen molar-refractivity contribution in [3.63, 3.8) is 0 Å². The van der Waals surface area contributed by atoms with Crippen LogP contribution in [0.5, 0.6) is 5.75 Å². The molecule has 0 N–H and O–H groups in total. The Hall–Kier alpha value is -1.61. The minimum absolute atomic E-state index is 0.104. The van der Waals surface area contributed by atoms with E-state index >= 15 is 0 Å². The van der Waals surface area contributed by atoms with Gasteiger partial charge in [0.2, 0.25) is 0 Å². The number of methoxy groups -OCH3 is 1. The van der Waals surface area contributed by atoms with Crippen LogP contribution in [-0.2, 0) is 0 Å². The van der Waals surface area contributed by atoms with Gasteiger partial charge >= 0.3 is 0 Å². The molecule has 0 aliphatic heterocycles. The minimum Gasteiger partial charge on any atom is -0.496 e. The van der Waals surface area contributed by atoms with Crippen molar-refractivity contribution in [1.29, 1.82) is 0 Å². The summed E-state index contributed by atoms with van der Waals surface area (Å²) in [5.41, 5.74) is 2.20. The van der Waals surface area contributed by atoms with E-state index in [1.54, 1.807) is 14.0 Å². The van der Waals surface area contributed by atoms with Gasteiger partial charge in [0.05, 0.1) is 12.0 Å². The molecule has 0 radical (unpaired) electrons. The summed E-state index contributed by atoms with van der Waals surface area (Å²) in [7, 11) is 1.66. The highest BCUT2D eigenvalue weighted by Gasteiger charge is 2.10. The Bertz CT molecular complexity index is 555. The number of Topliss-reactive ketones (excluding diaryl/α,β-unsaturated/α-hetero) is 1. The average molecular weight is 246 g/mol. The van der Waals surface area contributed by atoms with Crippen molar-refractivity contribution in [2.75, 3.05) is 7.11 Å². The Morgan fingerprint density at radius 1 is 1.24 bits per heavy atom. The maximum atomic E-state index is 11.3. The number of thiophene rings is 1. The Balaban J connectivity index is 2.48. The van der Waals surface area contributed by atoms with Gasteiger partial charge in [-0.15, -0.1) is 11.3 Å². The Kier molecular flexibility index (Phi) is 3.29. The van der Waals surface area contributed by atoms with E-state index in [2.05, 4.69) is 0 Å². The van der Waals surface area contributed by atoms with E-state index < -0.39 is 0 Å². The molecule has 0 amide bonds. The summed E-state index contributed by atoms with van der Waals surface area (Å²) >= 11 is 1.50. The number of aryl methyl sites for hydroxylation is 1. The zero-order chi connectivity index (χ0) is 12.4. The van der Waals surface area contributed by atoms with Crippen LogP contribution in [0.25, 0.3) is 10.4 Å². The van der Waals surface area contributed by atoms with Crippen LogP contribution in [0, 0.1) is 6.92 Å². The maximum absolute atomic E-state index is 11.3. The third-order valence-corrected chi connectivity index (χ3v) is 3.79. The smallest absolute Gasteiger partial charge is 0.169 e. The molecular formula is C14H14O2S. The van der Waals surface area contributed by atoms with Crippen molar-refractivity contribution in [1.82, 2.24) is 0 Å². The molecule has 88 valence electrons. The number of rotatable bonds is 3. The second-order valence-corrected chi connectivity index (χ2v) is 5.01. The molecule has 0 saturated heterocycles. The van der Waals surface area contributed by atoms with E-state index in [9.17, 15) is 4.79 Å². The van der Waals surface area contributed by atoms with Gasteiger partial charge in [-0.25, -0.2) is 0 Å². The molecule has 2 nitrogen and oxygen atoms in total. The summed E-state index contributed by atoms with van der Waals surface area (Å²) in [4.78, 5) is 13.1. The number of carbonyl (C=O) groups excluding carboxylic acids is 1. The fraction of sp³-hybridized carbons (Fsp3) is 0.214. The van der Waals surface area contributed by atoms with Gasteiger partial charge in [0, 0.05) is 10.4 Å². The third-order valence-electron chi connectivity index (χ3n) is 2.58. The molecule has 0 spiro atoms. The molecule has 3 heteroatoms. The Labute approximate surface area is 105 Å². The van der Waals surface area contributed by atoms with E-state index in [0.29, 0.717) is 0 Å². The Morgan fingerprint density at radius 2 is 2.00 bits per heavy atom. The lowest BCUT2D eigenvalue weighted by Gasteiger charge is -2.07. The van der Waals surface area contributed by atoms with Crippen LogP contribution in [0.15, 0.2) is 30.3 Å². The molecule has 0 unspecified atom stereocenters. The first-order chi connectivity index (χ1) is 8.11. The molecule has 1 heterocycles. The van der Waals surface area contributed by atoms with Gasteiger partial charge in [-0.05, 0) is 43.7 Å². The highest BCUT2D eigenvalue weighted by molar-refractivity contribution is 7.17. The standard InChI is InChI=1S/C14H14O2S/c1-9-4-5-11(12(8-9)16-3)14-7-6-13(17-14)10(2)15/h4-8H,1-3H3. The summed E-state index contributed by atoms with van der Waals surface area (Å²) in [6.45, 7) is 3.61. The Morgan fingerprint density at radius 3 is 2.59 bits per heavy atom. The van der Waals surface area contributed by atoms with Crippen LogP contribution in [0.4, 0.5) is 0 Å². The molecule has 0 aliphatic carbocycles. The quantitative estimate of drug-likeness (QED) is 0.767. The molecule has 0 atom stereocenters. The minimum atomic E-state index is 0.104. The third kappa shape index (κ3) is 2.39. The van der Waals surface area contributed by atoms with Crippen LogP contribution >= 0.6 is 11.3 Å². The first-order valence-electron chi connectivity index (χ1n) is 5.37. The summed E-state index contributed by atoms with van der Waals surface area (Å²) < 4.78 is 5.37. The topological polar surface area (TPSA) is 26.3 Å². The zero-order valence-corrected chi connectivity index (χ0v) is 10.9. The van der Waals surface area contributed by atoms with Crippen molar-refractivity contribution in [3.05, 3.63) is 40.8 Å². The van der Waals surface area contributed by atoms with Crippen molar-refractivity contribution < 1.29 is 9.53 Å². The summed E-state index contributed by atoms with van der Waals surface area (Å²) in [5, 5.41) is 0. The maximum Gasteiger partial charge on any atom is 0.169 e. The van der Waals surface area contributed by atoms with E-state index in [1.807, 2.05) is 37.3 Å². The molecule has 2 aromatic rings. The number of ether oxygens (including phenoxy) is 1. The van der Waals surface area contributed by atoms with Crippen molar-refractivity contribution in [2.45, 2.75) is 13.8 Å². The van der Waals surface area contributed by atoms with E-state index in [4.69, 9.17) is 4.74 Å². The molecule has 0 fully saturated rings. The molecule has 0 aliphatic rings. The number of hydrogen-bond acceptors (Lipinski definition) is 3. The van der Waals surface area contributed by atoms with Crippen LogP contribution in [0.1, 0.15) is 22.2 Å². The highest BCUT2D eigenvalue weighted by atomic mass is 32.1. The van der Waals surface area contributed by atoms with E-state index in [-0.39, 0.29) is 5.78 Å². The molecule has 1 aromatic carbocycles. The number of carbonyl (C=O) groups is 1. The lowest BCUT2D eigenvalue weighted by atomic mass is 10.1. The van der Waals surface area contributed by atoms with Crippen molar-refractivity contribution in [2.24, 2.45) is 0 Å². The average Bonchev–Trinajstić information content (AvgIpc) is 2.78. The van der Waals surface area contributed by atoms with Crippen LogP contribution < -0.4 is 4.74 Å². The fourth-order valence-electron chi connectivity index (χ4n) is 1.67. The van der Waals surface area contributed by atoms with Gasteiger partial charge in [-0.2, -0.15) is 0 Å². The van der Waals surface area contributed by atoms with Crippen LogP contribution in [-0.4, -0.2) is 12.9 Å². The molecule has 2 rings (SSSR count). The summed E-state index contributed by atoms with van der Waals surface area (Å²) in [5.74, 6) is 0.953. The van der Waals surface area contributed by atoms with Gasteiger partial charge in [0.25, 0.3) is 0 Å². The monoisotopic (exact) mass is 246 g/mol. The van der Waals surface area contributed by atoms with Gasteiger partial charge in [-0.3, -0.25) is 4.79 Å². The SMILES string of the molecule is COc1cc(C)ccc1-c1ccc(C(C)=O)s1. The van der Waals surface area contributed by atoms with Gasteiger partial charge < -0.3 is 4.74 Å². The predicted octanol–water partition coefficient (Wildman–Crippen LogP) is 3.93. The number of ketones is 1. The highest BCUT2D eigenvalue weighted by Crippen LogP contribution is 2.35. The van der Waals surface area contributed by atoms with Crippen molar-refractivity contribution in [3.8, 4) is 16.2 Å². The first-order valence-corrected chi connectivity index (χ1v) is 6.19. The molecule has 1 aromatic heterocycles. The van der Waals surface area contributed by atoms with Gasteiger partial charge in [0.15, 0.2) is 5.78 Å². The van der Waals surface area contributed by atoms with Crippen LogP contribution in [0.2, 0.25) is 0 Å². The number of hydrogen-bond donors (Lipinski definition) is 0. The largest absolute Gasteiger partial charge is 0.496 e. The van der Waals surface area contributed by atoms with Crippen molar-refractivity contribution >= 4 is 17.1 Å². The predicted molar refractivity (Wildman–Crippen MR) is 71.0 cm³/mol. The van der Waals surface area contributed by atoms with E-state index in [1.165, 1.54) is 11.3 Å². The molecule has 0 bridgehead atoms. The molecule has 17 heavy (non-hydrogen) atoms. The number of benzene rings is 1. The van der Waals surface area contributed by atoms with Gasteiger partial charge in [-0.1, -0.05) is 6.07 Å². The first kappa shape index (κ1) is 11.9. The zero-order valence-electron chi connectivity index (χ0n) is 10.1. The molecule has 0 saturated carbocycles. The van der Waals surface area contributed by atoms with E-state index in [0.717, 1.165) is 26.6 Å². The normalized spacial score (nSPS) is 10.3.